The SMILES string of the molecule is CC[C@H](C(=O)N[C@@H](C)CC)N(Cc1ccccc1)C(=O)CN(c1ccc(Oc2ccccc2)cc1)S(=O)(=O)c1ccccc1. The zero-order valence-corrected chi connectivity index (χ0v) is 26.1. The second kappa shape index (κ2) is 15.2. The average Bonchev–Trinajstić information content (AvgIpc) is 3.05. The number of hydrogen-bond acceptors (Lipinski definition) is 5. The van der Waals surface area contributed by atoms with Crippen LogP contribution >= 0.6 is 0 Å². The molecule has 0 spiro atoms. The number of benzene rings is 4. The van der Waals surface area contributed by atoms with Gasteiger partial charge in [-0.1, -0.05) is 80.6 Å². The van der Waals surface area contributed by atoms with E-state index in [1.54, 1.807) is 42.5 Å². The first-order valence-corrected chi connectivity index (χ1v) is 16.2. The van der Waals surface area contributed by atoms with E-state index in [9.17, 15) is 18.0 Å². The van der Waals surface area contributed by atoms with E-state index in [0.717, 1.165) is 16.3 Å². The molecular formula is C35H39N3O5S. The summed E-state index contributed by atoms with van der Waals surface area (Å²) in [6, 6.07) is 32.3. The van der Waals surface area contributed by atoms with E-state index in [1.807, 2.05) is 81.4 Å². The van der Waals surface area contributed by atoms with Crippen LogP contribution in [0, 0.1) is 0 Å². The Morgan fingerprint density at radius 1 is 0.750 bits per heavy atom. The molecular weight excluding hydrogens is 574 g/mol. The van der Waals surface area contributed by atoms with Crippen LogP contribution < -0.4 is 14.4 Å². The van der Waals surface area contributed by atoms with Crippen LogP contribution in [0.5, 0.6) is 11.5 Å². The molecule has 0 heterocycles. The number of carbonyl (C=O) groups is 2. The fourth-order valence-electron chi connectivity index (χ4n) is 4.69. The van der Waals surface area contributed by atoms with Crippen LogP contribution in [-0.4, -0.2) is 43.8 Å². The third-order valence-corrected chi connectivity index (χ3v) is 9.08. The molecule has 0 aliphatic carbocycles. The number of para-hydroxylation sites is 1. The Morgan fingerprint density at radius 3 is 1.86 bits per heavy atom. The maximum absolute atomic E-state index is 14.2. The molecule has 4 rings (SSSR count). The zero-order valence-electron chi connectivity index (χ0n) is 25.3. The Labute approximate surface area is 260 Å². The first-order chi connectivity index (χ1) is 21.2. The summed E-state index contributed by atoms with van der Waals surface area (Å²) in [5, 5.41) is 2.99. The Kier molecular flexibility index (Phi) is 11.2. The van der Waals surface area contributed by atoms with Crippen LogP contribution in [0.25, 0.3) is 0 Å². The molecule has 0 aromatic heterocycles. The van der Waals surface area contributed by atoms with Gasteiger partial charge in [0.1, 0.15) is 24.1 Å². The van der Waals surface area contributed by atoms with E-state index in [2.05, 4.69) is 5.32 Å². The summed E-state index contributed by atoms with van der Waals surface area (Å²) in [5.41, 5.74) is 1.12. The summed E-state index contributed by atoms with van der Waals surface area (Å²) in [7, 11) is -4.16. The van der Waals surface area contributed by atoms with Crippen LogP contribution in [0.3, 0.4) is 0 Å². The van der Waals surface area contributed by atoms with Crippen molar-refractivity contribution in [3.8, 4) is 11.5 Å². The van der Waals surface area contributed by atoms with Gasteiger partial charge in [0.2, 0.25) is 11.8 Å². The number of sulfonamides is 1. The molecule has 0 aliphatic heterocycles. The lowest BCUT2D eigenvalue weighted by Gasteiger charge is -2.33. The monoisotopic (exact) mass is 613 g/mol. The van der Waals surface area contributed by atoms with Gasteiger partial charge in [-0.2, -0.15) is 0 Å². The van der Waals surface area contributed by atoms with Gasteiger partial charge in [0.15, 0.2) is 0 Å². The minimum Gasteiger partial charge on any atom is -0.457 e. The summed E-state index contributed by atoms with van der Waals surface area (Å²) in [5.74, 6) is 0.388. The highest BCUT2D eigenvalue weighted by atomic mass is 32.2. The summed E-state index contributed by atoms with van der Waals surface area (Å²) < 4.78 is 35.0. The van der Waals surface area contributed by atoms with E-state index < -0.39 is 28.5 Å². The van der Waals surface area contributed by atoms with Crippen LogP contribution in [0.2, 0.25) is 0 Å². The first-order valence-electron chi connectivity index (χ1n) is 14.8. The molecule has 230 valence electrons. The van der Waals surface area contributed by atoms with Gasteiger partial charge in [-0.05, 0) is 73.9 Å². The van der Waals surface area contributed by atoms with Gasteiger partial charge in [-0.15, -0.1) is 0 Å². The highest BCUT2D eigenvalue weighted by Crippen LogP contribution is 2.28. The summed E-state index contributed by atoms with van der Waals surface area (Å²) in [6.45, 7) is 5.37. The quantitative estimate of drug-likeness (QED) is 0.178. The van der Waals surface area contributed by atoms with E-state index in [4.69, 9.17) is 4.74 Å². The highest BCUT2D eigenvalue weighted by molar-refractivity contribution is 7.92. The third kappa shape index (κ3) is 8.26. The van der Waals surface area contributed by atoms with Crippen molar-refractivity contribution >= 4 is 27.5 Å². The zero-order chi connectivity index (χ0) is 31.5. The van der Waals surface area contributed by atoms with Crippen molar-refractivity contribution < 1.29 is 22.7 Å². The molecule has 8 nitrogen and oxygen atoms in total. The lowest BCUT2D eigenvalue weighted by molar-refractivity contribution is -0.140. The number of rotatable bonds is 14. The Balaban J connectivity index is 1.70. The summed E-state index contributed by atoms with van der Waals surface area (Å²) in [6.07, 6.45) is 1.10. The molecule has 4 aromatic rings. The van der Waals surface area contributed by atoms with Crippen LogP contribution in [0.4, 0.5) is 5.69 Å². The van der Waals surface area contributed by atoms with E-state index >= 15 is 0 Å². The van der Waals surface area contributed by atoms with Gasteiger partial charge in [0.05, 0.1) is 10.6 Å². The van der Waals surface area contributed by atoms with Crippen LogP contribution in [0.15, 0.2) is 120 Å². The van der Waals surface area contributed by atoms with E-state index in [-0.39, 0.29) is 23.4 Å². The normalized spacial score (nSPS) is 12.5. The molecule has 4 aromatic carbocycles. The van der Waals surface area contributed by atoms with Crippen molar-refractivity contribution in [3.63, 3.8) is 0 Å². The molecule has 1 N–H and O–H groups in total. The van der Waals surface area contributed by atoms with Crippen molar-refractivity contribution in [1.82, 2.24) is 10.2 Å². The Morgan fingerprint density at radius 2 is 1.30 bits per heavy atom. The van der Waals surface area contributed by atoms with Gasteiger partial charge >= 0.3 is 0 Å². The summed E-state index contributed by atoms with van der Waals surface area (Å²) >= 11 is 0. The molecule has 9 heteroatoms. The molecule has 0 bridgehead atoms. The number of nitrogens with zero attached hydrogens (tertiary/aromatic N) is 2. The molecule has 2 atom stereocenters. The Hall–Kier alpha value is -4.63. The summed E-state index contributed by atoms with van der Waals surface area (Å²) in [4.78, 5) is 29.1. The Bertz CT molecular complexity index is 1600. The van der Waals surface area contributed by atoms with Gasteiger partial charge in [0.25, 0.3) is 10.0 Å². The number of hydrogen-bond donors (Lipinski definition) is 1. The average molecular weight is 614 g/mol. The van der Waals surface area contributed by atoms with E-state index in [1.165, 1.54) is 17.0 Å². The van der Waals surface area contributed by atoms with Crippen molar-refractivity contribution in [2.24, 2.45) is 0 Å². The number of amides is 2. The molecule has 2 amide bonds. The predicted molar refractivity (Wildman–Crippen MR) is 173 cm³/mol. The second-order valence-corrected chi connectivity index (χ2v) is 12.3. The smallest absolute Gasteiger partial charge is 0.264 e. The van der Waals surface area contributed by atoms with Gasteiger partial charge in [-0.3, -0.25) is 13.9 Å². The number of carbonyl (C=O) groups excluding carboxylic acids is 2. The maximum Gasteiger partial charge on any atom is 0.264 e. The lowest BCUT2D eigenvalue weighted by atomic mass is 10.1. The molecule has 0 radical (unpaired) electrons. The maximum atomic E-state index is 14.2. The number of nitrogens with one attached hydrogen (secondary N) is 1. The van der Waals surface area contributed by atoms with Crippen molar-refractivity contribution in [3.05, 3.63) is 121 Å². The fraction of sp³-hybridized carbons (Fsp3) is 0.257. The number of ether oxygens (including phenoxy) is 1. The molecule has 0 aliphatic rings. The van der Waals surface area contributed by atoms with Gasteiger partial charge in [0, 0.05) is 12.6 Å². The predicted octanol–water partition coefficient (Wildman–Crippen LogP) is 6.40. The third-order valence-electron chi connectivity index (χ3n) is 7.30. The first kappa shape index (κ1) is 32.3. The van der Waals surface area contributed by atoms with Crippen molar-refractivity contribution in [2.45, 2.75) is 57.1 Å². The van der Waals surface area contributed by atoms with Crippen LogP contribution in [0.1, 0.15) is 39.2 Å². The molecule has 0 saturated heterocycles. The van der Waals surface area contributed by atoms with Crippen molar-refractivity contribution in [2.75, 3.05) is 10.8 Å². The molecule has 0 saturated carbocycles. The highest BCUT2D eigenvalue weighted by Gasteiger charge is 2.34. The van der Waals surface area contributed by atoms with Crippen molar-refractivity contribution in [1.29, 1.82) is 0 Å². The lowest BCUT2D eigenvalue weighted by Crippen LogP contribution is -2.53. The fourth-order valence-corrected chi connectivity index (χ4v) is 6.13. The minimum atomic E-state index is -4.16. The van der Waals surface area contributed by atoms with E-state index in [0.29, 0.717) is 23.6 Å². The standard InChI is InChI=1S/C35H39N3O5S/c1-4-27(3)36-35(40)33(5-2)37(25-28-15-9-6-10-16-28)34(39)26-38(44(41,42)32-19-13-8-14-20-32)29-21-23-31(24-22-29)43-30-17-11-7-12-18-30/h6-24,27,33H,4-5,25-26H2,1-3H3,(H,36,40)/t27-,33+/m0/s1. The molecule has 0 fully saturated rings. The van der Waals surface area contributed by atoms with Crippen LogP contribution in [-0.2, 0) is 26.2 Å². The minimum absolute atomic E-state index is 0.0496. The van der Waals surface area contributed by atoms with Gasteiger partial charge in [-0.25, -0.2) is 8.42 Å². The molecule has 0 unspecified atom stereocenters. The second-order valence-electron chi connectivity index (χ2n) is 10.5. The topological polar surface area (TPSA) is 96.0 Å². The molecule has 44 heavy (non-hydrogen) atoms. The number of anilines is 1. The largest absolute Gasteiger partial charge is 0.457 e. The van der Waals surface area contributed by atoms with Gasteiger partial charge < -0.3 is 15.0 Å².